The van der Waals surface area contributed by atoms with Crippen molar-refractivity contribution < 1.29 is 21.6 Å². The van der Waals surface area contributed by atoms with E-state index in [9.17, 15) is 21.6 Å². The van der Waals surface area contributed by atoms with Crippen molar-refractivity contribution in [1.82, 2.24) is 4.90 Å². The largest absolute Gasteiger partial charge is 0.518 e. The first-order valence-corrected chi connectivity index (χ1v) is 5.88. The summed E-state index contributed by atoms with van der Waals surface area (Å²) in [6.07, 6.45) is 3.47. The minimum atomic E-state index is -5.37. The molecule has 0 aromatic heterocycles. The highest BCUT2D eigenvalue weighted by molar-refractivity contribution is 7.91. The summed E-state index contributed by atoms with van der Waals surface area (Å²) in [5.74, 6) is 0. The molecule has 0 amide bonds. The first-order valence-electron chi connectivity index (χ1n) is 4.44. The summed E-state index contributed by atoms with van der Waals surface area (Å²) in [5.41, 5.74) is -5.31. The number of alkyl halides is 3. The summed E-state index contributed by atoms with van der Waals surface area (Å²) in [5, 5.41) is 0. The summed E-state index contributed by atoms with van der Waals surface area (Å²) in [4.78, 5) is 1.48. The number of likely N-dealkylation sites (tertiary alicyclic amines) is 1. The van der Waals surface area contributed by atoms with E-state index in [-0.39, 0.29) is 0 Å². The van der Waals surface area contributed by atoms with Gasteiger partial charge in [-0.15, -0.1) is 4.40 Å². The third kappa shape index (κ3) is 3.37. The van der Waals surface area contributed by atoms with Gasteiger partial charge in [-0.2, -0.15) is 21.6 Å². The fraction of sp³-hybridized carbons (Fsp3) is 0.857. The Kier molecular flexibility index (Phi) is 3.58. The number of rotatable bonds is 2. The summed E-state index contributed by atoms with van der Waals surface area (Å²) >= 11 is 0. The van der Waals surface area contributed by atoms with Crippen LogP contribution in [0, 0.1) is 0 Å². The van der Waals surface area contributed by atoms with Crippen LogP contribution < -0.4 is 0 Å². The van der Waals surface area contributed by atoms with Crippen LogP contribution in [0.3, 0.4) is 0 Å². The third-order valence-corrected chi connectivity index (χ3v) is 2.99. The van der Waals surface area contributed by atoms with Gasteiger partial charge in [0.25, 0.3) is 0 Å². The monoisotopic (exact) mass is 244 g/mol. The minimum absolute atomic E-state index is 0.552. The van der Waals surface area contributed by atoms with Crippen molar-refractivity contribution in [2.24, 2.45) is 4.40 Å². The lowest BCUT2D eigenvalue weighted by molar-refractivity contribution is -0.0435. The van der Waals surface area contributed by atoms with Crippen LogP contribution >= 0.6 is 0 Å². The van der Waals surface area contributed by atoms with Crippen molar-refractivity contribution in [2.75, 3.05) is 13.1 Å². The molecule has 88 valence electrons. The zero-order valence-corrected chi connectivity index (χ0v) is 8.68. The van der Waals surface area contributed by atoms with Gasteiger partial charge in [0.05, 0.1) is 0 Å². The number of hydrogen-bond donors (Lipinski definition) is 0. The SMILES string of the molecule is O=S(=O)(N=CN1CCCCC1)C(F)(F)F. The molecule has 15 heavy (non-hydrogen) atoms. The highest BCUT2D eigenvalue weighted by atomic mass is 32.2. The highest BCUT2D eigenvalue weighted by Crippen LogP contribution is 2.24. The summed E-state index contributed by atoms with van der Waals surface area (Å²) < 4.78 is 59.3. The Morgan fingerprint density at radius 3 is 2.13 bits per heavy atom. The molecule has 0 N–H and O–H groups in total. The topological polar surface area (TPSA) is 49.7 Å². The Labute approximate surface area is 85.8 Å². The molecule has 0 aliphatic carbocycles. The zero-order valence-electron chi connectivity index (χ0n) is 7.87. The van der Waals surface area contributed by atoms with Crippen LogP contribution in [0.25, 0.3) is 0 Å². The second-order valence-corrected chi connectivity index (χ2v) is 4.86. The molecule has 0 atom stereocenters. The van der Waals surface area contributed by atoms with E-state index >= 15 is 0 Å². The van der Waals surface area contributed by atoms with Crippen LogP contribution in [-0.2, 0) is 10.0 Å². The Hall–Kier alpha value is -0.790. The van der Waals surface area contributed by atoms with Gasteiger partial charge < -0.3 is 4.90 Å². The van der Waals surface area contributed by atoms with Crippen LogP contribution in [0.4, 0.5) is 13.2 Å². The van der Waals surface area contributed by atoms with Gasteiger partial charge in [-0.05, 0) is 19.3 Å². The summed E-state index contributed by atoms with van der Waals surface area (Å²) in [6, 6.07) is 0. The van der Waals surface area contributed by atoms with Crippen LogP contribution in [-0.4, -0.2) is 38.3 Å². The molecule has 8 heteroatoms. The number of halogens is 3. The van der Waals surface area contributed by atoms with E-state index in [1.165, 1.54) is 4.90 Å². The van der Waals surface area contributed by atoms with Gasteiger partial charge in [0.15, 0.2) is 0 Å². The molecule has 0 radical (unpaired) electrons. The molecule has 1 rings (SSSR count). The van der Waals surface area contributed by atoms with E-state index in [4.69, 9.17) is 0 Å². The normalized spacial score (nSPS) is 19.8. The molecule has 1 aliphatic heterocycles. The molecule has 0 aromatic carbocycles. The van der Waals surface area contributed by atoms with Gasteiger partial charge in [-0.1, -0.05) is 0 Å². The highest BCUT2D eigenvalue weighted by Gasteiger charge is 2.45. The molecular formula is C7H11F3N2O2S. The Morgan fingerprint density at radius 2 is 1.67 bits per heavy atom. The van der Waals surface area contributed by atoms with E-state index in [1.807, 2.05) is 0 Å². The predicted octanol–water partition coefficient (Wildman–Crippen LogP) is 1.35. The molecule has 1 heterocycles. The van der Waals surface area contributed by atoms with E-state index < -0.39 is 15.5 Å². The predicted molar refractivity (Wildman–Crippen MR) is 48.9 cm³/mol. The first kappa shape index (κ1) is 12.3. The lowest BCUT2D eigenvalue weighted by Gasteiger charge is -2.23. The van der Waals surface area contributed by atoms with E-state index in [0.717, 1.165) is 25.6 Å². The lowest BCUT2D eigenvalue weighted by atomic mass is 10.1. The van der Waals surface area contributed by atoms with E-state index in [0.29, 0.717) is 13.1 Å². The van der Waals surface area contributed by atoms with Crippen LogP contribution in [0.1, 0.15) is 19.3 Å². The quantitative estimate of drug-likeness (QED) is 0.544. The molecule has 0 spiro atoms. The van der Waals surface area contributed by atoms with Crippen LogP contribution in [0.15, 0.2) is 4.40 Å². The average Bonchev–Trinajstić information content (AvgIpc) is 2.15. The van der Waals surface area contributed by atoms with Gasteiger partial charge >= 0.3 is 15.5 Å². The fourth-order valence-electron chi connectivity index (χ4n) is 1.22. The molecular weight excluding hydrogens is 233 g/mol. The van der Waals surface area contributed by atoms with E-state index in [1.54, 1.807) is 0 Å². The van der Waals surface area contributed by atoms with Crippen molar-refractivity contribution in [3.8, 4) is 0 Å². The van der Waals surface area contributed by atoms with Crippen LogP contribution in [0.2, 0.25) is 0 Å². The fourth-order valence-corrected chi connectivity index (χ4v) is 1.60. The Morgan fingerprint density at radius 1 is 1.13 bits per heavy atom. The van der Waals surface area contributed by atoms with Gasteiger partial charge in [0.1, 0.15) is 6.34 Å². The molecule has 1 aliphatic rings. The van der Waals surface area contributed by atoms with Crippen molar-refractivity contribution >= 4 is 16.4 Å². The Bertz CT molecular complexity index is 331. The number of nitrogens with zero attached hydrogens (tertiary/aromatic N) is 2. The van der Waals surface area contributed by atoms with Gasteiger partial charge in [-0.25, -0.2) is 0 Å². The smallest absolute Gasteiger partial charge is 0.362 e. The van der Waals surface area contributed by atoms with Crippen molar-refractivity contribution in [3.05, 3.63) is 0 Å². The molecule has 0 unspecified atom stereocenters. The standard InChI is InChI=1S/C7H11F3N2O2S/c8-7(9,10)15(13,14)11-6-12-4-2-1-3-5-12/h6H,1-5H2. The third-order valence-electron chi connectivity index (χ3n) is 2.03. The van der Waals surface area contributed by atoms with Crippen molar-refractivity contribution in [2.45, 2.75) is 24.8 Å². The summed E-state index contributed by atoms with van der Waals surface area (Å²) in [6.45, 7) is 1.10. The molecule has 1 saturated heterocycles. The lowest BCUT2D eigenvalue weighted by Crippen LogP contribution is -2.30. The average molecular weight is 244 g/mol. The second kappa shape index (κ2) is 4.38. The van der Waals surface area contributed by atoms with Crippen molar-refractivity contribution in [3.63, 3.8) is 0 Å². The zero-order chi connectivity index (χ0) is 11.5. The van der Waals surface area contributed by atoms with Gasteiger partial charge in [0, 0.05) is 13.1 Å². The summed E-state index contributed by atoms with van der Waals surface area (Å²) in [7, 11) is -5.37. The maximum absolute atomic E-state index is 11.9. The maximum Gasteiger partial charge on any atom is 0.518 e. The molecule has 4 nitrogen and oxygen atoms in total. The van der Waals surface area contributed by atoms with Crippen molar-refractivity contribution in [1.29, 1.82) is 0 Å². The van der Waals surface area contributed by atoms with Gasteiger partial charge in [-0.3, -0.25) is 0 Å². The second-order valence-electron chi connectivity index (χ2n) is 3.24. The molecule has 0 saturated carbocycles. The molecule has 0 aromatic rings. The molecule has 0 bridgehead atoms. The molecule has 1 fully saturated rings. The first-order chi connectivity index (χ1) is 6.83. The number of sulfonamides is 1. The number of piperidine rings is 1. The Balaban J connectivity index is 2.64. The minimum Gasteiger partial charge on any atom is -0.362 e. The van der Waals surface area contributed by atoms with Gasteiger partial charge in [0.2, 0.25) is 0 Å². The maximum atomic E-state index is 11.9. The van der Waals surface area contributed by atoms with E-state index in [2.05, 4.69) is 4.40 Å². The van der Waals surface area contributed by atoms with Crippen LogP contribution in [0.5, 0.6) is 0 Å². The number of hydrogen-bond acceptors (Lipinski definition) is 2.